The molecule has 2 amide bonds. The summed E-state index contributed by atoms with van der Waals surface area (Å²) in [5.41, 5.74) is 4.66. The van der Waals surface area contributed by atoms with Crippen molar-refractivity contribution in [1.82, 2.24) is 4.90 Å². The standard InChI is InChI=1S/C28H28ClN3O2S/c1-3-20-10-12-22(13-11-20)30-26(33)18-25-27(34)32(23-14-8-19(2)9-15-23)28(35)31(25)17-16-21-6-4-5-7-24(21)29/h4-15,25H,3,16-18H2,1-2H3,(H,30,33)/t25-/m1/s1. The number of amides is 2. The fourth-order valence-corrected chi connectivity index (χ4v) is 4.82. The summed E-state index contributed by atoms with van der Waals surface area (Å²) in [5, 5.41) is 3.99. The summed E-state index contributed by atoms with van der Waals surface area (Å²) >= 11 is 12.1. The number of benzene rings is 3. The number of nitrogens with one attached hydrogen (secondary N) is 1. The lowest BCUT2D eigenvalue weighted by molar-refractivity contribution is -0.124. The van der Waals surface area contributed by atoms with Gasteiger partial charge in [0, 0.05) is 17.3 Å². The highest BCUT2D eigenvalue weighted by atomic mass is 35.5. The molecule has 1 aliphatic rings. The Morgan fingerprint density at radius 2 is 1.71 bits per heavy atom. The molecule has 0 radical (unpaired) electrons. The second kappa shape index (κ2) is 11.0. The molecule has 0 aromatic heterocycles. The summed E-state index contributed by atoms with van der Waals surface area (Å²) < 4.78 is 0. The van der Waals surface area contributed by atoms with Crippen LogP contribution in [0.1, 0.15) is 30.0 Å². The predicted octanol–water partition coefficient (Wildman–Crippen LogP) is 5.78. The van der Waals surface area contributed by atoms with Crippen molar-refractivity contribution in [2.75, 3.05) is 16.8 Å². The first-order chi connectivity index (χ1) is 16.9. The van der Waals surface area contributed by atoms with E-state index in [2.05, 4.69) is 12.2 Å². The molecule has 1 aliphatic heterocycles. The third-order valence-corrected chi connectivity index (χ3v) is 7.00. The number of halogens is 1. The molecule has 7 heteroatoms. The van der Waals surface area contributed by atoms with Gasteiger partial charge in [-0.05, 0) is 73.4 Å². The van der Waals surface area contributed by atoms with Crippen molar-refractivity contribution >= 4 is 52.1 Å². The number of nitrogens with zero attached hydrogens (tertiary/aromatic N) is 2. The van der Waals surface area contributed by atoms with E-state index in [1.54, 1.807) is 0 Å². The quantitative estimate of drug-likeness (QED) is 0.394. The van der Waals surface area contributed by atoms with E-state index < -0.39 is 6.04 Å². The third kappa shape index (κ3) is 5.72. The number of hydrogen-bond donors (Lipinski definition) is 1. The smallest absolute Gasteiger partial charge is 0.256 e. The molecule has 0 bridgehead atoms. The number of thiocarbonyl (C=S) groups is 1. The van der Waals surface area contributed by atoms with Crippen LogP contribution in [0.4, 0.5) is 11.4 Å². The van der Waals surface area contributed by atoms with Crippen molar-refractivity contribution in [3.05, 3.63) is 94.5 Å². The normalized spacial score (nSPS) is 15.6. The summed E-state index contributed by atoms with van der Waals surface area (Å²) in [6, 6.07) is 22.3. The highest BCUT2D eigenvalue weighted by Crippen LogP contribution is 2.28. The van der Waals surface area contributed by atoms with Crippen LogP contribution in [0, 0.1) is 6.92 Å². The van der Waals surface area contributed by atoms with Crippen molar-refractivity contribution in [1.29, 1.82) is 0 Å². The van der Waals surface area contributed by atoms with Gasteiger partial charge in [0.15, 0.2) is 5.11 Å². The van der Waals surface area contributed by atoms with Crippen LogP contribution in [-0.4, -0.2) is 34.4 Å². The molecular weight excluding hydrogens is 478 g/mol. The lowest BCUT2D eigenvalue weighted by Crippen LogP contribution is -2.39. The van der Waals surface area contributed by atoms with Gasteiger partial charge in [-0.2, -0.15) is 0 Å². The minimum atomic E-state index is -0.693. The zero-order chi connectivity index (χ0) is 24.9. The SMILES string of the molecule is CCc1ccc(NC(=O)C[C@@H]2C(=O)N(c3ccc(C)cc3)C(=S)N2CCc2ccccc2Cl)cc1. The van der Waals surface area contributed by atoms with Gasteiger partial charge in [0.05, 0.1) is 12.1 Å². The van der Waals surface area contributed by atoms with E-state index >= 15 is 0 Å². The molecule has 0 aliphatic carbocycles. The zero-order valence-electron chi connectivity index (χ0n) is 19.8. The number of hydrogen-bond acceptors (Lipinski definition) is 3. The first-order valence-electron chi connectivity index (χ1n) is 11.7. The van der Waals surface area contributed by atoms with Crippen molar-refractivity contribution < 1.29 is 9.59 Å². The number of carbonyl (C=O) groups is 2. The Morgan fingerprint density at radius 1 is 1.03 bits per heavy atom. The average Bonchev–Trinajstić information content (AvgIpc) is 3.08. The molecule has 3 aromatic rings. The number of rotatable bonds is 8. The molecule has 180 valence electrons. The fourth-order valence-electron chi connectivity index (χ4n) is 4.17. The highest BCUT2D eigenvalue weighted by molar-refractivity contribution is 7.80. The zero-order valence-corrected chi connectivity index (χ0v) is 21.4. The van der Waals surface area contributed by atoms with Crippen molar-refractivity contribution in [2.45, 2.75) is 39.2 Å². The first-order valence-corrected chi connectivity index (χ1v) is 12.5. The van der Waals surface area contributed by atoms with E-state index in [1.165, 1.54) is 10.5 Å². The predicted molar refractivity (Wildman–Crippen MR) is 146 cm³/mol. The molecular formula is C28H28ClN3O2S. The van der Waals surface area contributed by atoms with Crippen LogP contribution < -0.4 is 10.2 Å². The number of aryl methyl sites for hydroxylation is 2. The average molecular weight is 506 g/mol. The highest BCUT2D eigenvalue weighted by Gasteiger charge is 2.43. The van der Waals surface area contributed by atoms with Crippen LogP contribution in [0.5, 0.6) is 0 Å². The molecule has 5 nitrogen and oxygen atoms in total. The molecule has 0 spiro atoms. The van der Waals surface area contributed by atoms with Gasteiger partial charge in [0.25, 0.3) is 5.91 Å². The number of carbonyl (C=O) groups excluding carboxylic acids is 2. The van der Waals surface area contributed by atoms with E-state index in [0.717, 1.165) is 17.5 Å². The lowest BCUT2D eigenvalue weighted by Gasteiger charge is -2.24. The van der Waals surface area contributed by atoms with Crippen LogP contribution in [0.25, 0.3) is 0 Å². The van der Waals surface area contributed by atoms with Crippen LogP contribution in [0.3, 0.4) is 0 Å². The molecule has 1 saturated heterocycles. The van der Waals surface area contributed by atoms with Gasteiger partial charge in [0.1, 0.15) is 6.04 Å². The summed E-state index contributed by atoms with van der Waals surface area (Å²) in [4.78, 5) is 29.9. The Labute approximate surface area is 216 Å². The van der Waals surface area contributed by atoms with E-state index in [9.17, 15) is 9.59 Å². The maximum absolute atomic E-state index is 13.6. The molecule has 1 heterocycles. The van der Waals surface area contributed by atoms with Gasteiger partial charge in [-0.25, -0.2) is 0 Å². The molecule has 1 atom stereocenters. The molecule has 0 unspecified atom stereocenters. The van der Waals surface area contributed by atoms with Crippen molar-refractivity contribution in [2.24, 2.45) is 0 Å². The van der Waals surface area contributed by atoms with Crippen LogP contribution in [0.15, 0.2) is 72.8 Å². The summed E-state index contributed by atoms with van der Waals surface area (Å²) in [5.74, 6) is -0.432. The van der Waals surface area contributed by atoms with E-state index in [-0.39, 0.29) is 18.2 Å². The van der Waals surface area contributed by atoms with Gasteiger partial charge in [-0.1, -0.05) is 66.6 Å². The topological polar surface area (TPSA) is 52.7 Å². The number of anilines is 2. The molecule has 35 heavy (non-hydrogen) atoms. The van der Waals surface area contributed by atoms with Crippen molar-refractivity contribution in [3.8, 4) is 0 Å². The van der Waals surface area contributed by atoms with Crippen LogP contribution in [0.2, 0.25) is 5.02 Å². The summed E-state index contributed by atoms with van der Waals surface area (Å²) in [6.07, 6.45) is 1.53. The van der Waals surface area contributed by atoms with Gasteiger partial charge in [-0.15, -0.1) is 0 Å². The first kappa shape index (κ1) is 24.9. The van der Waals surface area contributed by atoms with E-state index in [0.29, 0.717) is 34.5 Å². The van der Waals surface area contributed by atoms with Crippen LogP contribution >= 0.6 is 23.8 Å². The van der Waals surface area contributed by atoms with Crippen LogP contribution in [-0.2, 0) is 22.4 Å². The second-order valence-electron chi connectivity index (χ2n) is 8.65. The maximum Gasteiger partial charge on any atom is 0.256 e. The van der Waals surface area contributed by atoms with E-state index in [4.69, 9.17) is 23.8 Å². The maximum atomic E-state index is 13.6. The Hall–Kier alpha value is -3.22. The monoisotopic (exact) mass is 505 g/mol. The molecule has 1 fully saturated rings. The largest absolute Gasteiger partial charge is 0.336 e. The fraction of sp³-hybridized carbons (Fsp3) is 0.250. The molecule has 1 N–H and O–H groups in total. The summed E-state index contributed by atoms with van der Waals surface area (Å²) in [6.45, 7) is 4.54. The van der Waals surface area contributed by atoms with Gasteiger partial charge in [0.2, 0.25) is 5.91 Å². The lowest BCUT2D eigenvalue weighted by atomic mass is 10.1. The summed E-state index contributed by atoms with van der Waals surface area (Å²) in [7, 11) is 0. The molecule has 4 rings (SSSR count). The Balaban J connectivity index is 1.55. The van der Waals surface area contributed by atoms with Crippen molar-refractivity contribution in [3.63, 3.8) is 0 Å². The Bertz CT molecular complexity index is 1230. The van der Waals surface area contributed by atoms with E-state index in [1.807, 2.05) is 84.6 Å². The second-order valence-corrected chi connectivity index (χ2v) is 9.42. The molecule has 3 aromatic carbocycles. The minimum absolute atomic E-state index is 0.000609. The van der Waals surface area contributed by atoms with Gasteiger partial charge >= 0.3 is 0 Å². The Kier molecular flexibility index (Phi) is 7.83. The molecule has 0 saturated carbocycles. The Morgan fingerprint density at radius 3 is 2.37 bits per heavy atom. The van der Waals surface area contributed by atoms with Gasteiger partial charge in [-0.3, -0.25) is 14.5 Å². The minimum Gasteiger partial charge on any atom is -0.336 e. The third-order valence-electron chi connectivity index (χ3n) is 6.22. The van der Waals surface area contributed by atoms with Gasteiger partial charge < -0.3 is 10.2 Å².